The first-order valence-electron chi connectivity index (χ1n) is 8.75. The van der Waals surface area contributed by atoms with Crippen LogP contribution < -0.4 is 5.56 Å². The summed E-state index contributed by atoms with van der Waals surface area (Å²) in [6, 6.07) is 0. The Balaban J connectivity index is 1.78. The highest BCUT2D eigenvalue weighted by molar-refractivity contribution is 7.18. The van der Waals surface area contributed by atoms with Crippen molar-refractivity contribution in [1.29, 1.82) is 0 Å². The lowest BCUT2D eigenvalue weighted by molar-refractivity contribution is -0.160. The van der Waals surface area contributed by atoms with Crippen molar-refractivity contribution in [2.45, 2.75) is 44.8 Å². The first-order chi connectivity index (χ1) is 12.8. The van der Waals surface area contributed by atoms with Crippen molar-refractivity contribution >= 4 is 27.5 Å². The van der Waals surface area contributed by atoms with E-state index in [-0.39, 0.29) is 25.1 Å². The highest BCUT2D eigenvalue weighted by Crippen LogP contribution is 2.33. The average molecular weight is 399 g/mol. The maximum Gasteiger partial charge on any atom is 0.406 e. The first kappa shape index (κ1) is 19.6. The van der Waals surface area contributed by atoms with Gasteiger partial charge in [0.25, 0.3) is 5.56 Å². The quantitative estimate of drug-likeness (QED) is 0.701. The fourth-order valence-electron chi connectivity index (χ4n) is 3.34. The SMILES string of the molecule is C=CCN(CC(F)(F)F)C(=O)CCn1cnc2sc3c(c2c1=O)CCCC3. The predicted molar refractivity (Wildman–Crippen MR) is 98.0 cm³/mol. The fourth-order valence-corrected chi connectivity index (χ4v) is 4.56. The topological polar surface area (TPSA) is 55.2 Å². The maximum atomic E-state index is 12.8. The minimum absolute atomic E-state index is 0.00325. The van der Waals surface area contributed by atoms with Crippen LogP contribution in [0, 0.1) is 0 Å². The van der Waals surface area contributed by atoms with Gasteiger partial charge in [-0.15, -0.1) is 17.9 Å². The molecule has 0 radical (unpaired) electrons. The molecule has 2 heterocycles. The lowest BCUT2D eigenvalue weighted by Gasteiger charge is -2.22. The number of nitrogens with zero attached hydrogens (tertiary/aromatic N) is 3. The van der Waals surface area contributed by atoms with E-state index in [0.717, 1.165) is 31.2 Å². The first-order valence-corrected chi connectivity index (χ1v) is 9.57. The Hall–Kier alpha value is -2.16. The summed E-state index contributed by atoms with van der Waals surface area (Å²) in [5.41, 5.74) is 0.822. The molecule has 0 unspecified atom stereocenters. The van der Waals surface area contributed by atoms with Crippen molar-refractivity contribution in [2.24, 2.45) is 0 Å². The Morgan fingerprint density at radius 1 is 1.37 bits per heavy atom. The number of carbonyl (C=O) groups is 1. The van der Waals surface area contributed by atoms with Crippen molar-refractivity contribution in [2.75, 3.05) is 13.1 Å². The second-order valence-electron chi connectivity index (χ2n) is 6.56. The summed E-state index contributed by atoms with van der Waals surface area (Å²) in [5.74, 6) is -0.674. The number of halogens is 3. The molecule has 2 aromatic heterocycles. The fraction of sp³-hybridized carbons (Fsp3) is 0.500. The van der Waals surface area contributed by atoms with Crippen molar-refractivity contribution in [1.82, 2.24) is 14.5 Å². The molecule has 0 atom stereocenters. The summed E-state index contributed by atoms with van der Waals surface area (Å²) in [4.78, 5) is 31.9. The summed E-state index contributed by atoms with van der Waals surface area (Å²) in [5, 5.41) is 0.600. The van der Waals surface area contributed by atoms with Gasteiger partial charge in [-0.3, -0.25) is 14.2 Å². The van der Waals surface area contributed by atoms with E-state index in [1.807, 2.05) is 0 Å². The van der Waals surface area contributed by atoms with E-state index in [0.29, 0.717) is 15.1 Å². The van der Waals surface area contributed by atoms with Gasteiger partial charge in [0.15, 0.2) is 0 Å². The molecule has 0 spiro atoms. The van der Waals surface area contributed by atoms with E-state index >= 15 is 0 Å². The number of aryl methyl sites for hydroxylation is 3. The molecule has 1 aliphatic rings. The molecule has 146 valence electrons. The number of hydrogen-bond donors (Lipinski definition) is 0. The van der Waals surface area contributed by atoms with Crippen LogP contribution in [0.15, 0.2) is 23.8 Å². The average Bonchev–Trinajstić information content (AvgIpc) is 2.98. The second-order valence-corrected chi connectivity index (χ2v) is 7.65. The standard InChI is InChI=1S/C18H20F3N3O2S/c1-2-8-23(10-18(19,20)21)14(25)7-9-24-11-22-16-15(17(24)26)12-5-3-4-6-13(12)27-16/h2,11H,1,3-10H2. The van der Waals surface area contributed by atoms with E-state index < -0.39 is 18.6 Å². The van der Waals surface area contributed by atoms with Crippen molar-refractivity contribution < 1.29 is 18.0 Å². The van der Waals surface area contributed by atoms with Crippen LogP contribution in [0.3, 0.4) is 0 Å². The van der Waals surface area contributed by atoms with Crippen LogP contribution in [0.2, 0.25) is 0 Å². The number of amides is 1. The summed E-state index contributed by atoms with van der Waals surface area (Å²) in [7, 11) is 0. The Morgan fingerprint density at radius 3 is 2.81 bits per heavy atom. The number of alkyl halides is 3. The molecule has 0 aromatic carbocycles. The highest BCUT2D eigenvalue weighted by atomic mass is 32.1. The van der Waals surface area contributed by atoms with E-state index in [4.69, 9.17) is 0 Å². The number of thiophene rings is 1. The van der Waals surface area contributed by atoms with Crippen LogP contribution in [0.25, 0.3) is 10.2 Å². The molecule has 27 heavy (non-hydrogen) atoms. The van der Waals surface area contributed by atoms with Crippen molar-refractivity contribution in [3.8, 4) is 0 Å². The largest absolute Gasteiger partial charge is 0.406 e. The van der Waals surface area contributed by atoms with Gasteiger partial charge in [0.1, 0.15) is 11.4 Å². The lowest BCUT2D eigenvalue weighted by Crippen LogP contribution is -2.39. The third kappa shape index (κ3) is 4.40. The molecule has 0 saturated carbocycles. The molecule has 9 heteroatoms. The maximum absolute atomic E-state index is 12.8. The number of rotatable bonds is 6. The molecule has 0 saturated heterocycles. The number of aromatic nitrogens is 2. The summed E-state index contributed by atoms with van der Waals surface area (Å²) >= 11 is 1.53. The normalized spacial score (nSPS) is 14.2. The summed E-state index contributed by atoms with van der Waals surface area (Å²) in [6.45, 7) is 1.86. The minimum atomic E-state index is -4.48. The third-order valence-corrected chi connectivity index (χ3v) is 5.78. The van der Waals surface area contributed by atoms with E-state index in [1.165, 1.54) is 33.2 Å². The van der Waals surface area contributed by atoms with Crippen LogP contribution in [0.5, 0.6) is 0 Å². The van der Waals surface area contributed by atoms with Crippen LogP contribution >= 0.6 is 11.3 Å². The van der Waals surface area contributed by atoms with Crippen LogP contribution in [-0.2, 0) is 24.2 Å². The third-order valence-electron chi connectivity index (χ3n) is 4.58. The molecule has 0 bridgehead atoms. The van der Waals surface area contributed by atoms with Gasteiger partial charge < -0.3 is 4.90 Å². The molecule has 5 nitrogen and oxygen atoms in total. The van der Waals surface area contributed by atoms with Crippen LogP contribution in [0.1, 0.15) is 29.7 Å². The van der Waals surface area contributed by atoms with Gasteiger partial charge in [-0.25, -0.2) is 4.98 Å². The van der Waals surface area contributed by atoms with E-state index in [1.54, 1.807) is 0 Å². The molecule has 0 N–H and O–H groups in total. The van der Waals surface area contributed by atoms with Crippen LogP contribution in [0.4, 0.5) is 13.2 Å². The van der Waals surface area contributed by atoms with Crippen molar-refractivity contribution in [3.63, 3.8) is 0 Å². The Kier molecular flexibility index (Phi) is 5.69. The zero-order chi connectivity index (χ0) is 19.6. The van der Waals surface area contributed by atoms with Gasteiger partial charge in [0.05, 0.1) is 11.7 Å². The van der Waals surface area contributed by atoms with Gasteiger partial charge in [-0.05, 0) is 31.2 Å². The highest BCUT2D eigenvalue weighted by Gasteiger charge is 2.32. The number of fused-ring (bicyclic) bond motifs is 3. The molecule has 1 aliphatic carbocycles. The van der Waals surface area contributed by atoms with Gasteiger partial charge in [-0.1, -0.05) is 6.08 Å². The predicted octanol–water partition coefficient (Wildman–Crippen LogP) is 3.30. The lowest BCUT2D eigenvalue weighted by atomic mass is 9.97. The van der Waals surface area contributed by atoms with E-state index in [9.17, 15) is 22.8 Å². The zero-order valence-electron chi connectivity index (χ0n) is 14.7. The molecule has 0 fully saturated rings. The summed E-state index contributed by atoms with van der Waals surface area (Å²) < 4.78 is 39.2. The van der Waals surface area contributed by atoms with Crippen LogP contribution in [-0.4, -0.2) is 39.6 Å². The molecule has 2 aromatic rings. The van der Waals surface area contributed by atoms with Gasteiger partial charge in [0.2, 0.25) is 5.91 Å². The Labute approximate surface area is 158 Å². The Bertz CT molecular complexity index is 917. The Morgan fingerprint density at radius 2 is 2.11 bits per heavy atom. The molecular weight excluding hydrogens is 379 g/mol. The van der Waals surface area contributed by atoms with Gasteiger partial charge in [0, 0.05) is 24.4 Å². The second kappa shape index (κ2) is 7.84. The molecule has 0 aliphatic heterocycles. The minimum Gasteiger partial charge on any atom is -0.330 e. The summed E-state index contributed by atoms with van der Waals surface area (Å²) in [6.07, 6.45) is 1.86. The zero-order valence-corrected chi connectivity index (χ0v) is 15.5. The van der Waals surface area contributed by atoms with Gasteiger partial charge in [-0.2, -0.15) is 13.2 Å². The molecule has 1 amide bonds. The number of carbonyl (C=O) groups excluding carboxylic acids is 1. The molecule has 3 rings (SSSR count). The van der Waals surface area contributed by atoms with Gasteiger partial charge >= 0.3 is 6.18 Å². The monoisotopic (exact) mass is 399 g/mol. The number of hydrogen-bond acceptors (Lipinski definition) is 4. The van der Waals surface area contributed by atoms with E-state index in [2.05, 4.69) is 11.6 Å². The van der Waals surface area contributed by atoms with Crippen molar-refractivity contribution in [3.05, 3.63) is 39.8 Å². The smallest absolute Gasteiger partial charge is 0.330 e. The molecular formula is C18H20F3N3O2S.